The topological polar surface area (TPSA) is 50.3 Å². The maximum atomic E-state index is 5.65. The van der Waals surface area contributed by atoms with Crippen LogP contribution in [0.15, 0.2) is 66.9 Å². The molecule has 3 aromatic rings. The predicted octanol–water partition coefficient (Wildman–Crippen LogP) is 4.26. The summed E-state index contributed by atoms with van der Waals surface area (Å²) >= 11 is 0. The number of anilines is 3. The van der Waals surface area contributed by atoms with Crippen LogP contribution in [0.4, 0.5) is 17.5 Å². The minimum Gasteiger partial charge on any atom is -0.492 e. The lowest BCUT2D eigenvalue weighted by Crippen LogP contribution is -2.19. The number of hydrogen-bond donors (Lipinski definition) is 1. The third-order valence-corrected chi connectivity index (χ3v) is 3.70. The van der Waals surface area contributed by atoms with E-state index < -0.39 is 0 Å². The molecule has 5 heteroatoms. The molecular formula is C20H22N4O. The highest BCUT2D eigenvalue weighted by atomic mass is 16.5. The van der Waals surface area contributed by atoms with Crippen molar-refractivity contribution >= 4 is 17.5 Å². The minimum atomic E-state index is 0.619. The number of rotatable bonds is 7. The molecule has 0 fully saturated rings. The normalized spacial score (nSPS) is 10.3. The number of nitrogens with zero attached hydrogens (tertiary/aromatic N) is 3. The molecule has 0 spiro atoms. The van der Waals surface area contributed by atoms with Gasteiger partial charge in [0.2, 0.25) is 5.95 Å². The van der Waals surface area contributed by atoms with Crippen molar-refractivity contribution in [2.75, 3.05) is 23.9 Å². The molecular weight excluding hydrogens is 312 g/mol. The molecule has 128 valence electrons. The lowest BCUT2D eigenvalue weighted by atomic mass is 10.2. The first kappa shape index (κ1) is 16.8. The summed E-state index contributed by atoms with van der Waals surface area (Å²) in [5.74, 6) is 2.21. The van der Waals surface area contributed by atoms with Gasteiger partial charge >= 0.3 is 0 Å². The van der Waals surface area contributed by atoms with E-state index in [1.54, 1.807) is 6.20 Å². The molecule has 3 rings (SSSR count). The van der Waals surface area contributed by atoms with Crippen LogP contribution in [0, 0.1) is 0 Å². The molecule has 25 heavy (non-hydrogen) atoms. The molecule has 0 aliphatic carbocycles. The third kappa shape index (κ3) is 4.47. The van der Waals surface area contributed by atoms with Gasteiger partial charge in [0.1, 0.15) is 11.6 Å². The zero-order valence-corrected chi connectivity index (χ0v) is 14.5. The second-order valence-corrected chi connectivity index (χ2v) is 5.64. The van der Waals surface area contributed by atoms with Crippen molar-refractivity contribution in [3.8, 4) is 5.75 Å². The highest BCUT2D eigenvalue weighted by Gasteiger charge is 2.08. The average molecular weight is 334 g/mol. The first-order chi connectivity index (χ1) is 12.3. The van der Waals surface area contributed by atoms with Crippen molar-refractivity contribution in [3.63, 3.8) is 0 Å². The van der Waals surface area contributed by atoms with Crippen LogP contribution in [0.5, 0.6) is 5.75 Å². The maximum Gasteiger partial charge on any atom is 0.227 e. The summed E-state index contributed by atoms with van der Waals surface area (Å²) in [6.07, 6.45) is 1.76. The molecule has 2 aromatic carbocycles. The summed E-state index contributed by atoms with van der Waals surface area (Å²) in [6.45, 7) is 3.34. The van der Waals surface area contributed by atoms with Crippen LogP contribution in [0.3, 0.4) is 0 Å². The van der Waals surface area contributed by atoms with Gasteiger partial charge in [0, 0.05) is 19.8 Å². The van der Waals surface area contributed by atoms with Gasteiger partial charge < -0.3 is 15.0 Å². The molecule has 1 heterocycles. The lowest BCUT2D eigenvalue weighted by molar-refractivity contribution is 0.342. The molecule has 0 amide bonds. The number of para-hydroxylation sites is 2. The zero-order chi connectivity index (χ0) is 17.5. The summed E-state index contributed by atoms with van der Waals surface area (Å²) < 4.78 is 5.65. The summed E-state index contributed by atoms with van der Waals surface area (Å²) in [7, 11) is 1.99. The van der Waals surface area contributed by atoms with Gasteiger partial charge in [-0.15, -0.1) is 0 Å². The highest BCUT2D eigenvalue weighted by molar-refractivity contribution is 5.64. The van der Waals surface area contributed by atoms with Crippen LogP contribution < -0.4 is 15.0 Å². The van der Waals surface area contributed by atoms with E-state index in [1.807, 2.05) is 67.4 Å². The first-order valence-corrected chi connectivity index (χ1v) is 8.33. The summed E-state index contributed by atoms with van der Waals surface area (Å²) in [5, 5.41) is 3.31. The largest absolute Gasteiger partial charge is 0.492 e. The van der Waals surface area contributed by atoms with Crippen LogP contribution in [0.25, 0.3) is 0 Å². The molecule has 0 saturated heterocycles. The Kier molecular flexibility index (Phi) is 5.46. The number of nitrogens with one attached hydrogen (secondary N) is 1. The molecule has 0 atom stereocenters. The van der Waals surface area contributed by atoms with Gasteiger partial charge in [-0.3, -0.25) is 0 Å². The first-order valence-electron chi connectivity index (χ1n) is 8.33. The van der Waals surface area contributed by atoms with Crippen LogP contribution >= 0.6 is 0 Å². The quantitative estimate of drug-likeness (QED) is 0.700. The van der Waals surface area contributed by atoms with Gasteiger partial charge in [-0.1, -0.05) is 42.5 Å². The molecule has 5 nitrogen and oxygen atoms in total. The molecule has 1 aromatic heterocycles. The zero-order valence-electron chi connectivity index (χ0n) is 14.5. The van der Waals surface area contributed by atoms with E-state index in [0.29, 0.717) is 12.6 Å². The Labute approximate surface area is 148 Å². The standard InChI is InChI=1S/C20H22N4O/c1-3-25-18-12-8-7-11-17(18)22-19-13-14-21-20(23-19)24(2)15-16-9-5-4-6-10-16/h4-14H,3,15H2,1-2H3,(H,21,22,23). The fourth-order valence-corrected chi connectivity index (χ4v) is 2.52. The molecule has 0 unspecified atom stereocenters. The number of ether oxygens (including phenoxy) is 1. The molecule has 0 saturated carbocycles. The van der Waals surface area contributed by atoms with Crippen LogP contribution in [-0.2, 0) is 6.54 Å². The number of hydrogen-bond acceptors (Lipinski definition) is 5. The van der Waals surface area contributed by atoms with Crippen molar-refractivity contribution in [1.29, 1.82) is 0 Å². The van der Waals surface area contributed by atoms with Crippen LogP contribution in [0.2, 0.25) is 0 Å². The van der Waals surface area contributed by atoms with Crippen molar-refractivity contribution in [2.45, 2.75) is 13.5 Å². The van der Waals surface area contributed by atoms with Gasteiger partial charge in [-0.05, 0) is 30.7 Å². The summed E-state index contributed by atoms with van der Waals surface area (Å²) in [6, 6.07) is 20.0. The Morgan fingerprint density at radius 1 is 1.00 bits per heavy atom. The van der Waals surface area contributed by atoms with E-state index in [0.717, 1.165) is 23.8 Å². The Morgan fingerprint density at radius 3 is 2.56 bits per heavy atom. The molecule has 0 radical (unpaired) electrons. The van der Waals surface area contributed by atoms with E-state index in [-0.39, 0.29) is 0 Å². The van der Waals surface area contributed by atoms with Gasteiger partial charge in [-0.25, -0.2) is 4.98 Å². The van der Waals surface area contributed by atoms with E-state index in [2.05, 4.69) is 27.4 Å². The Balaban J connectivity index is 1.75. The van der Waals surface area contributed by atoms with Gasteiger partial charge in [0.05, 0.1) is 12.3 Å². The Bertz CT molecular complexity index is 808. The summed E-state index contributed by atoms with van der Waals surface area (Å²) in [4.78, 5) is 11.0. The molecule has 0 aliphatic heterocycles. The van der Waals surface area contributed by atoms with Crippen LogP contribution in [-0.4, -0.2) is 23.6 Å². The van der Waals surface area contributed by atoms with E-state index in [4.69, 9.17) is 4.74 Å². The van der Waals surface area contributed by atoms with Gasteiger partial charge in [-0.2, -0.15) is 4.98 Å². The van der Waals surface area contributed by atoms with E-state index in [1.165, 1.54) is 5.56 Å². The molecule has 1 N–H and O–H groups in total. The Hall–Kier alpha value is -3.08. The molecule has 0 bridgehead atoms. The average Bonchev–Trinajstić information content (AvgIpc) is 2.65. The predicted molar refractivity (Wildman–Crippen MR) is 101 cm³/mol. The van der Waals surface area contributed by atoms with Gasteiger partial charge in [0.25, 0.3) is 0 Å². The second-order valence-electron chi connectivity index (χ2n) is 5.64. The second kappa shape index (κ2) is 8.15. The van der Waals surface area contributed by atoms with Crippen molar-refractivity contribution in [3.05, 3.63) is 72.4 Å². The van der Waals surface area contributed by atoms with E-state index in [9.17, 15) is 0 Å². The van der Waals surface area contributed by atoms with Gasteiger partial charge in [0.15, 0.2) is 0 Å². The summed E-state index contributed by atoms with van der Waals surface area (Å²) in [5.41, 5.74) is 2.10. The van der Waals surface area contributed by atoms with E-state index >= 15 is 0 Å². The maximum absolute atomic E-state index is 5.65. The molecule has 0 aliphatic rings. The van der Waals surface area contributed by atoms with Crippen molar-refractivity contribution in [1.82, 2.24) is 9.97 Å². The number of benzene rings is 2. The minimum absolute atomic E-state index is 0.619. The number of aromatic nitrogens is 2. The smallest absolute Gasteiger partial charge is 0.227 e. The third-order valence-electron chi connectivity index (χ3n) is 3.70. The van der Waals surface area contributed by atoms with Crippen LogP contribution in [0.1, 0.15) is 12.5 Å². The monoisotopic (exact) mass is 334 g/mol. The fraction of sp³-hybridized carbons (Fsp3) is 0.200. The Morgan fingerprint density at radius 2 is 1.76 bits per heavy atom. The lowest BCUT2D eigenvalue weighted by Gasteiger charge is -2.18. The fourth-order valence-electron chi connectivity index (χ4n) is 2.52. The van der Waals surface area contributed by atoms with Crippen molar-refractivity contribution < 1.29 is 4.74 Å². The SMILES string of the molecule is CCOc1ccccc1Nc1ccnc(N(C)Cc2ccccc2)n1. The highest BCUT2D eigenvalue weighted by Crippen LogP contribution is 2.27. The van der Waals surface area contributed by atoms with Crippen molar-refractivity contribution in [2.24, 2.45) is 0 Å².